The average molecular weight is 646 g/mol. The van der Waals surface area contributed by atoms with Crippen LogP contribution in [-0.4, -0.2) is 44.2 Å². The second-order valence-electron chi connectivity index (χ2n) is 11.9. The van der Waals surface area contributed by atoms with Crippen molar-refractivity contribution in [3.63, 3.8) is 0 Å². The van der Waals surface area contributed by atoms with Crippen molar-refractivity contribution in [3.8, 4) is 0 Å². The molecule has 9 nitrogen and oxygen atoms in total. The number of hydrogen-bond donors (Lipinski definition) is 4. The Balaban J connectivity index is 1.24. The lowest BCUT2D eigenvalue weighted by Crippen LogP contribution is -2.43. The van der Waals surface area contributed by atoms with Crippen molar-refractivity contribution in [1.82, 2.24) is 15.6 Å². The summed E-state index contributed by atoms with van der Waals surface area (Å²) in [5, 5.41) is 6.06. The fourth-order valence-electron chi connectivity index (χ4n) is 5.25. The number of nitrogens with two attached hydrogens (primary N) is 2. The van der Waals surface area contributed by atoms with E-state index in [0.29, 0.717) is 18.2 Å². The van der Waals surface area contributed by atoms with Gasteiger partial charge in [-0.3, -0.25) is 10.3 Å². The van der Waals surface area contributed by atoms with Crippen LogP contribution >= 0.6 is 11.3 Å². The number of allylic oxidation sites excluding steroid dienone is 2. The molecule has 46 heavy (non-hydrogen) atoms. The first kappa shape index (κ1) is 36.3. The van der Waals surface area contributed by atoms with E-state index < -0.39 is 0 Å². The van der Waals surface area contributed by atoms with Crippen molar-refractivity contribution in [3.05, 3.63) is 81.6 Å². The fraction of sp³-hybridized carbons (Fsp3) is 0.444. The molecule has 2 amide bonds. The molecule has 1 aromatic carbocycles. The molecule has 3 aromatic rings. The summed E-state index contributed by atoms with van der Waals surface area (Å²) in [6.45, 7) is 8.54. The maximum absolute atomic E-state index is 12.1. The summed E-state index contributed by atoms with van der Waals surface area (Å²) in [5.74, 6) is 0.141. The van der Waals surface area contributed by atoms with Gasteiger partial charge in [-0.2, -0.15) is 0 Å². The van der Waals surface area contributed by atoms with E-state index in [1.54, 1.807) is 0 Å². The molecule has 3 rings (SSSR count). The number of rotatable bonds is 17. The number of aliphatic imine (C=N–C) groups is 1. The Morgan fingerprint density at radius 3 is 2.20 bits per heavy atom. The van der Waals surface area contributed by atoms with Crippen LogP contribution in [0.15, 0.2) is 53.5 Å². The largest absolute Gasteiger partial charge is 0.378 e. The standard InChI is InChI=1S/C36H52N8OS/c1-27-25-31(16-11-10-15-30-18-20-32(21-19-30)43(4)5)26-28(2)44(27)24-13-9-7-6-8-12-22-40-36(45)42-34(37)39-23-14-17-33-29(3)41-35(38)46-33/h10-11,15-16,18-21,25-26H,6-9,12-14,17,22-24H2,1-5H3,(H5-,37,38,39,40,41,42,45)/p+1. The number of pyridine rings is 1. The van der Waals surface area contributed by atoms with E-state index in [1.807, 2.05) is 6.92 Å². The van der Waals surface area contributed by atoms with E-state index >= 15 is 0 Å². The summed E-state index contributed by atoms with van der Waals surface area (Å²) in [5.41, 5.74) is 18.7. The van der Waals surface area contributed by atoms with Gasteiger partial charge in [0.15, 0.2) is 22.5 Å². The number of amides is 2. The number of anilines is 2. The van der Waals surface area contributed by atoms with Gasteiger partial charge in [-0.1, -0.05) is 55.7 Å². The summed E-state index contributed by atoms with van der Waals surface area (Å²) in [7, 11) is 4.11. The van der Waals surface area contributed by atoms with Crippen molar-refractivity contribution in [2.24, 2.45) is 10.7 Å². The number of carbonyl (C=O) groups excluding carboxylic acids is 1. The predicted octanol–water partition coefficient (Wildman–Crippen LogP) is 6.32. The first-order valence-corrected chi connectivity index (χ1v) is 17.1. The van der Waals surface area contributed by atoms with Crippen LogP contribution in [-0.2, 0) is 13.0 Å². The summed E-state index contributed by atoms with van der Waals surface area (Å²) in [4.78, 5) is 23.8. The van der Waals surface area contributed by atoms with Crippen LogP contribution in [0.5, 0.6) is 0 Å². The zero-order valence-electron chi connectivity index (χ0n) is 28.3. The minimum Gasteiger partial charge on any atom is -0.378 e. The number of unbranched alkanes of at least 4 members (excludes halogenated alkanes) is 5. The van der Waals surface area contributed by atoms with Gasteiger partial charge in [0.25, 0.3) is 0 Å². The second kappa shape index (κ2) is 19.4. The molecule has 0 fully saturated rings. The smallest absolute Gasteiger partial charge is 0.321 e. The number of benzene rings is 1. The molecule has 2 aromatic heterocycles. The third kappa shape index (κ3) is 13.0. The lowest BCUT2D eigenvalue weighted by molar-refractivity contribution is -0.709. The molecule has 0 radical (unpaired) electrons. The van der Waals surface area contributed by atoms with Gasteiger partial charge < -0.3 is 21.7 Å². The van der Waals surface area contributed by atoms with E-state index in [-0.39, 0.29) is 12.0 Å². The van der Waals surface area contributed by atoms with Gasteiger partial charge >= 0.3 is 6.03 Å². The van der Waals surface area contributed by atoms with Gasteiger partial charge in [0.1, 0.15) is 6.54 Å². The van der Waals surface area contributed by atoms with Crippen LogP contribution in [0.3, 0.4) is 0 Å². The number of hydrogen-bond acceptors (Lipinski definition) is 6. The zero-order valence-corrected chi connectivity index (χ0v) is 29.1. The Morgan fingerprint density at radius 2 is 1.57 bits per heavy atom. The summed E-state index contributed by atoms with van der Waals surface area (Å²) in [6, 6.07) is 12.8. The zero-order chi connectivity index (χ0) is 33.3. The maximum atomic E-state index is 12.1. The third-order valence-electron chi connectivity index (χ3n) is 7.79. The molecular formula is C36H53N8OS+. The van der Waals surface area contributed by atoms with Crippen molar-refractivity contribution < 1.29 is 9.36 Å². The predicted molar refractivity (Wildman–Crippen MR) is 195 cm³/mol. The van der Waals surface area contributed by atoms with Crippen molar-refractivity contribution in [2.75, 3.05) is 37.8 Å². The number of carbonyl (C=O) groups is 1. The molecule has 0 aliphatic rings. The SMILES string of the molecule is Cc1nc(N)sc1CCCN=C(N)NC(=O)NCCCCCCCC[n+]1c(C)cc(/C=C/C=C/c2ccc(N(C)C)cc2)cc1C. The number of nitrogen functional groups attached to an aromatic ring is 1. The minimum absolute atomic E-state index is 0.141. The average Bonchev–Trinajstić information content (AvgIpc) is 3.34. The molecule has 0 saturated carbocycles. The highest BCUT2D eigenvalue weighted by atomic mass is 32.1. The molecule has 0 saturated heterocycles. The maximum Gasteiger partial charge on any atom is 0.321 e. The molecule has 0 bridgehead atoms. The molecule has 0 aliphatic carbocycles. The molecule has 6 N–H and O–H groups in total. The fourth-order valence-corrected chi connectivity index (χ4v) is 6.12. The van der Waals surface area contributed by atoms with E-state index in [4.69, 9.17) is 11.5 Å². The summed E-state index contributed by atoms with van der Waals surface area (Å²) < 4.78 is 2.41. The number of urea groups is 1. The van der Waals surface area contributed by atoms with Crippen LogP contribution in [0.1, 0.15) is 78.0 Å². The molecule has 2 heterocycles. The molecular weight excluding hydrogens is 593 g/mol. The quantitative estimate of drug-likeness (QED) is 0.0450. The summed E-state index contributed by atoms with van der Waals surface area (Å²) in [6.07, 6.45) is 16.9. The van der Waals surface area contributed by atoms with E-state index in [1.165, 1.54) is 57.3 Å². The van der Waals surface area contributed by atoms with E-state index in [9.17, 15) is 4.79 Å². The molecule has 248 valence electrons. The molecule has 0 aliphatic heterocycles. The monoisotopic (exact) mass is 645 g/mol. The van der Waals surface area contributed by atoms with Gasteiger partial charge in [0, 0.05) is 70.2 Å². The first-order chi connectivity index (χ1) is 22.1. The van der Waals surface area contributed by atoms with Crippen LogP contribution in [0.25, 0.3) is 12.2 Å². The lowest BCUT2D eigenvalue weighted by atomic mass is 10.1. The molecule has 0 atom stereocenters. The van der Waals surface area contributed by atoms with E-state index in [0.717, 1.165) is 50.8 Å². The Morgan fingerprint density at radius 1 is 0.935 bits per heavy atom. The van der Waals surface area contributed by atoms with Crippen molar-refractivity contribution >= 4 is 46.3 Å². The number of guanidine groups is 1. The van der Waals surface area contributed by atoms with Gasteiger partial charge in [-0.05, 0) is 55.9 Å². The highest BCUT2D eigenvalue weighted by Crippen LogP contribution is 2.21. The number of nitrogens with one attached hydrogen (secondary N) is 2. The number of aryl methyl sites for hydroxylation is 4. The van der Waals surface area contributed by atoms with Crippen molar-refractivity contribution in [2.45, 2.75) is 78.7 Å². The van der Waals surface area contributed by atoms with Gasteiger partial charge in [-0.15, -0.1) is 11.3 Å². The highest BCUT2D eigenvalue weighted by molar-refractivity contribution is 7.15. The third-order valence-corrected chi connectivity index (χ3v) is 8.84. The molecule has 0 spiro atoms. The van der Waals surface area contributed by atoms with Crippen LogP contribution in [0.2, 0.25) is 0 Å². The first-order valence-electron chi connectivity index (χ1n) is 16.3. The minimum atomic E-state index is -0.306. The number of aromatic nitrogens is 2. The Labute approximate surface area is 279 Å². The summed E-state index contributed by atoms with van der Waals surface area (Å²) >= 11 is 1.51. The van der Waals surface area contributed by atoms with Crippen molar-refractivity contribution in [1.29, 1.82) is 0 Å². The molecule has 0 unspecified atom stereocenters. The van der Waals surface area contributed by atoms with Gasteiger partial charge in [0.05, 0.1) is 5.69 Å². The van der Waals surface area contributed by atoms with Crippen LogP contribution in [0.4, 0.5) is 15.6 Å². The van der Waals surface area contributed by atoms with Gasteiger partial charge in [0.2, 0.25) is 0 Å². The number of nitrogens with zero attached hydrogens (tertiary/aromatic N) is 4. The van der Waals surface area contributed by atoms with Crippen LogP contribution < -0.4 is 31.6 Å². The highest BCUT2D eigenvalue weighted by Gasteiger charge is 2.11. The Hall–Kier alpha value is -4.18. The topological polar surface area (TPSA) is 126 Å². The Bertz CT molecular complexity index is 1450. The normalized spacial score (nSPS) is 11.9. The lowest BCUT2D eigenvalue weighted by Gasteiger charge is -2.11. The van der Waals surface area contributed by atoms with Crippen LogP contribution in [0, 0.1) is 20.8 Å². The molecule has 10 heteroatoms. The van der Waals surface area contributed by atoms with E-state index in [2.05, 4.69) is 119 Å². The second-order valence-corrected chi connectivity index (χ2v) is 13.0. The van der Waals surface area contributed by atoms with Gasteiger partial charge in [-0.25, -0.2) is 14.3 Å². The number of thiazole rings is 1. The Kier molecular flexibility index (Phi) is 15.3.